The maximum atomic E-state index is 12.0. The van der Waals surface area contributed by atoms with Gasteiger partial charge in [-0.15, -0.1) is 0 Å². The molecule has 2 amide bonds. The zero-order valence-corrected chi connectivity index (χ0v) is 14.1. The third-order valence-electron chi connectivity index (χ3n) is 3.40. The summed E-state index contributed by atoms with van der Waals surface area (Å²) in [7, 11) is 3.69. The van der Waals surface area contributed by atoms with E-state index in [1.54, 1.807) is 23.1 Å². The first-order valence-electron chi connectivity index (χ1n) is 7.36. The van der Waals surface area contributed by atoms with Gasteiger partial charge in [-0.05, 0) is 34.5 Å². The number of carbonyl (C=O) groups is 1. The number of aromatic nitrogens is 1. The number of oxazole rings is 1. The summed E-state index contributed by atoms with van der Waals surface area (Å²) in [5, 5.41) is 19.0. The second-order valence-electron chi connectivity index (χ2n) is 5.48. The van der Waals surface area contributed by atoms with E-state index in [2.05, 4.69) is 15.6 Å². The summed E-state index contributed by atoms with van der Waals surface area (Å²) in [6.07, 6.45) is -0.721. The highest BCUT2D eigenvalue weighted by atomic mass is 32.1. The number of thiophene rings is 1. The Morgan fingerprint density at radius 1 is 1.42 bits per heavy atom. The molecule has 2 aromatic heterocycles. The van der Waals surface area contributed by atoms with Gasteiger partial charge in [0.05, 0.1) is 6.10 Å². The molecule has 0 saturated heterocycles. The minimum atomic E-state index is -0.721. The van der Waals surface area contributed by atoms with Gasteiger partial charge in [0.1, 0.15) is 5.52 Å². The van der Waals surface area contributed by atoms with Crippen LogP contribution in [0.15, 0.2) is 39.4 Å². The van der Waals surface area contributed by atoms with Gasteiger partial charge in [0.2, 0.25) is 0 Å². The van der Waals surface area contributed by atoms with Crippen molar-refractivity contribution < 1.29 is 14.3 Å². The van der Waals surface area contributed by atoms with E-state index >= 15 is 0 Å². The average Bonchev–Trinajstić information content (AvgIpc) is 3.21. The van der Waals surface area contributed by atoms with Gasteiger partial charge in [0.25, 0.3) is 6.01 Å². The van der Waals surface area contributed by atoms with Crippen molar-refractivity contribution in [2.45, 2.75) is 6.10 Å². The van der Waals surface area contributed by atoms with Gasteiger partial charge in [0, 0.05) is 32.4 Å². The Hall–Kier alpha value is -2.58. The fourth-order valence-corrected chi connectivity index (χ4v) is 2.84. The van der Waals surface area contributed by atoms with Crippen LogP contribution in [-0.4, -0.2) is 36.8 Å². The molecule has 3 N–H and O–H groups in total. The number of fused-ring (bicyclic) bond motifs is 1. The molecule has 1 aromatic carbocycles. The predicted molar refractivity (Wildman–Crippen MR) is 94.6 cm³/mol. The molecule has 8 heteroatoms. The molecule has 0 saturated carbocycles. The highest BCUT2D eigenvalue weighted by molar-refractivity contribution is 7.07. The summed E-state index contributed by atoms with van der Waals surface area (Å²) >= 11 is 1.50. The number of carbonyl (C=O) groups excluding carboxylic acids is 1. The quantitative estimate of drug-likeness (QED) is 0.661. The van der Waals surface area contributed by atoms with Crippen molar-refractivity contribution in [1.82, 2.24) is 10.3 Å². The van der Waals surface area contributed by atoms with Crippen molar-refractivity contribution >= 4 is 40.2 Å². The van der Waals surface area contributed by atoms with Crippen molar-refractivity contribution in [1.29, 1.82) is 0 Å². The first-order chi connectivity index (χ1) is 11.5. The number of hydrogen-bond donors (Lipinski definition) is 3. The van der Waals surface area contributed by atoms with Gasteiger partial charge in [-0.3, -0.25) is 0 Å². The molecule has 0 aliphatic carbocycles. The highest BCUT2D eigenvalue weighted by Gasteiger charge is 2.11. The Morgan fingerprint density at radius 2 is 2.25 bits per heavy atom. The molecule has 0 aliphatic rings. The van der Waals surface area contributed by atoms with Crippen molar-refractivity contribution in [2.75, 3.05) is 30.9 Å². The predicted octanol–water partition coefficient (Wildman–Crippen LogP) is 2.81. The Kier molecular flexibility index (Phi) is 4.68. The number of aliphatic hydroxyl groups excluding tert-OH is 1. The van der Waals surface area contributed by atoms with E-state index in [9.17, 15) is 9.90 Å². The summed E-state index contributed by atoms with van der Waals surface area (Å²) < 4.78 is 5.60. The third kappa shape index (κ3) is 3.66. The van der Waals surface area contributed by atoms with Crippen LogP contribution in [0.4, 0.5) is 16.5 Å². The lowest BCUT2D eigenvalue weighted by Crippen LogP contribution is -2.32. The van der Waals surface area contributed by atoms with Crippen LogP contribution >= 0.6 is 11.3 Å². The number of aliphatic hydroxyl groups is 1. The normalized spacial score (nSPS) is 12.1. The molecule has 0 aliphatic heterocycles. The standard InChI is InChI=1S/C16H18N4O3S/c1-20(2)16-19-12-4-3-11(7-14(12)23-16)18-15(22)17-8-13(21)10-5-6-24-9-10/h3-7,9,13,21H,8H2,1-2H3,(H2,17,18,22). The number of hydrogen-bond acceptors (Lipinski definition) is 6. The molecule has 0 spiro atoms. The smallest absolute Gasteiger partial charge is 0.319 e. The van der Waals surface area contributed by atoms with Crippen molar-refractivity contribution in [3.8, 4) is 0 Å². The Labute approximate surface area is 142 Å². The molecule has 3 rings (SSSR count). The largest absolute Gasteiger partial charge is 0.423 e. The van der Waals surface area contributed by atoms with Gasteiger partial charge >= 0.3 is 6.03 Å². The number of urea groups is 1. The Bertz CT molecular complexity index is 829. The SMILES string of the molecule is CN(C)c1nc2ccc(NC(=O)NCC(O)c3ccsc3)cc2o1. The number of nitrogens with zero attached hydrogens (tertiary/aromatic N) is 2. The van der Waals surface area contributed by atoms with Crippen LogP contribution in [0.25, 0.3) is 11.1 Å². The molecule has 126 valence electrons. The molecule has 0 fully saturated rings. The zero-order chi connectivity index (χ0) is 17.1. The molecule has 1 atom stereocenters. The second kappa shape index (κ2) is 6.90. The molecule has 1 unspecified atom stereocenters. The summed E-state index contributed by atoms with van der Waals surface area (Å²) in [5.74, 6) is 0. The molecular formula is C16H18N4O3S. The summed E-state index contributed by atoms with van der Waals surface area (Å²) in [6.45, 7) is 0.137. The molecule has 7 nitrogen and oxygen atoms in total. The molecule has 2 heterocycles. The van der Waals surface area contributed by atoms with Gasteiger partial charge in [-0.25, -0.2) is 4.79 Å². The monoisotopic (exact) mass is 346 g/mol. The molecular weight excluding hydrogens is 328 g/mol. The van der Waals surface area contributed by atoms with Crippen LogP contribution in [0.5, 0.6) is 0 Å². The number of rotatable bonds is 5. The fourth-order valence-electron chi connectivity index (χ4n) is 2.13. The van der Waals surface area contributed by atoms with E-state index in [0.717, 1.165) is 11.1 Å². The lowest BCUT2D eigenvalue weighted by Gasteiger charge is -2.11. The average molecular weight is 346 g/mol. The molecule has 0 radical (unpaired) electrons. The molecule has 3 aromatic rings. The highest BCUT2D eigenvalue weighted by Crippen LogP contribution is 2.23. The maximum Gasteiger partial charge on any atom is 0.319 e. The maximum absolute atomic E-state index is 12.0. The topological polar surface area (TPSA) is 90.6 Å². The summed E-state index contributed by atoms with van der Waals surface area (Å²) in [5.41, 5.74) is 2.69. The third-order valence-corrected chi connectivity index (χ3v) is 4.10. The molecule has 0 bridgehead atoms. The minimum absolute atomic E-state index is 0.137. The summed E-state index contributed by atoms with van der Waals surface area (Å²) in [4.78, 5) is 18.0. The van der Waals surface area contributed by atoms with E-state index < -0.39 is 12.1 Å². The van der Waals surface area contributed by atoms with Gasteiger partial charge < -0.3 is 25.1 Å². The van der Waals surface area contributed by atoms with Crippen LogP contribution in [0.1, 0.15) is 11.7 Å². The fraction of sp³-hybridized carbons (Fsp3) is 0.250. The van der Waals surface area contributed by atoms with E-state index in [0.29, 0.717) is 17.3 Å². The van der Waals surface area contributed by atoms with Crippen molar-refractivity contribution in [3.63, 3.8) is 0 Å². The van der Waals surface area contributed by atoms with Crippen molar-refractivity contribution in [3.05, 3.63) is 40.6 Å². The number of amides is 2. The molecule has 24 heavy (non-hydrogen) atoms. The van der Waals surface area contributed by atoms with Gasteiger partial charge in [0.15, 0.2) is 5.58 Å². The lowest BCUT2D eigenvalue weighted by atomic mass is 10.2. The number of nitrogens with one attached hydrogen (secondary N) is 2. The first kappa shape index (κ1) is 16.3. The van der Waals surface area contributed by atoms with Crippen LogP contribution in [0.2, 0.25) is 0 Å². The minimum Gasteiger partial charge on any atom is -0.423 e. The van der Waals surface area contributed by atoms with E-state index in [1.807, 2.05) is 30.9 Å². The van der Waals surface area contributed by atoms with E-state index in [4.69, 9.17) is 4.42 Å². The van der Waals surface area contributed by atoms with Gasteiger partial charge in [-0.1, -0.05) is 0 Å². The van der Waals surface area contributed by atoms with Gasteiger partial charge in [-0.2, -0.15) is 16.3 Å². The Balaban J connectivity index is 1.60. The van der Waals surface area contributed by atoms with E-state index in [1.165, 1.54) is 11.3 Å². The Morgan fingerprint density at radius 3 is 2.96 bits per heavy atom. The first-order valence-corrected chi connectivity index (χ1v) is 8.30. The van der Waals surface area contributed by atoms with Crippen LogP contribution < -0.4 is 15.5 Å². The number of anilines is 2. The van der Waals surface area contributed by atoms with Crippen LogP contribution in [0, 0.1) is 0 Å². The van der Waals surface area contributed by atoms with Crippen LogP contribution in [0.3, 0.4) is 0 Å². The van der Waals surface area contributed by atoms with Crippen LogP contribution in [-0.2, 0) is 0 Å². The number of benzene rings is 1. The lowest BCUT2D eigenvalue weighted by molar-refractivity contribution is 0.175. The summed E-state index contributed by atoms with van der Waals surface area (Å²) in [6, 6.07) is 7.18. The van der Waals surface area contributed by atoms with Crippen molar-refractivity contribution in [2.24, 2.45) is 0 Å². The van der Waals surface area contributed by atoms with E-state index in [-0.39, 0.29) is 6.54 Å². The zero-order valence-electron chi connectivity index (χ0n) is 13.3. The second-order valence-corrected chi connectivity index (χ2v) is 6.26.